The molecule has 0 unspecified atom stereocenters. The van der Waals surface area contributed by atoms with Crippen molar-refractivity contribution in [1.82, 2.24) is 4.98 Å². The molecule has 0 atom stereocenters. The largest absolute Gasteiger partial charge is 0.573 e. The Labute approximate surface area is 121 Å². The van der Waals surface area contributed by atoms with Gasteiger partial charge in [0.2, 0.25) is 0 Å². The lowest BCUT2D eigenvalue weighted by Gasteiger charge is -2.15. The van der Waals surface area contributed by atoms with Gasteiger partial charge in [0.05, 0.1) is 32.0 Å². The first-order valence-electron chi connectivity index (χ1n) is 5.26. The van der Waals surface area contributed by atoms with Gasteiger partial charge < -0.3 is 14.2 Å². The van der Waals surface area contributed by atoms with E-state index in [4.69, 9.17) is 4.74 Å². The van der Waals surface area contributed by atoms with Gasteiger partial charge in [-0.25, -0.2) is 4.98 Å². The number of alkyl halides is 4. The average molecular weight is 358 g/mol. The number of carbonyl (C=O) groups excluding carboxylic acids is 1. The maximum absolute atomic E-state index is 12.3. The van der Waals surface area contributed by atoms with E-state index < -0.39 is 18.1 Å². The van der Waals surface area contributed by atoms with Crippen molar-refractivity contribution < 1.29 is 32.2 Å². The molecule has 0 saturated carbocycles. The lowest BCUT2D eigenvalue weighted by molar-refractivity contribution is -0.275. The molecule has 20 heavy (non-hydrogen) atoms. The third-order valence-corrected chi connectivity index (χ3v) is 2.74. The zero-order chi connectivity index (χ0) is 15.3. The summed E-state index contributed by atoms with van der Waals surface area (Å²) >= 11 is 3.01. The summed E-state index contributed by atoms with van der Waals surface area (Å²) in [5, 5.41) is 0.0244. The van der Waals surface area contributed by atoms with E-state index in [2.05, 4.69) is 30.4 Å². The van der Waals surface area contributed by atoms with Crippen LogP contribution in [0.5, 0.6) is 11.5 Å². The first-order valence-corrected chi connectivity index (χ1v) is 6.38. The first kappa shape index (κ1) is 16.5. The van der Waals surface area contributed by atoms with Crippen molar-refractivity contribution >= 4 is 21.9 Å². The Balaban J connectivity index is 3.19. The molecule has 112 valence electrons. The number of esters is 1. The highest BCUT2D eigenvalue weighted by molar-refractivity contribution is 9.08. The van der Waals surface area contributed by atoms with Crippen LogP contribution in [-0.4, -0.2) is 31.5 Å². The number of hydrogen-bond donors (Lipinski definition) is 0. The molecule has 0 amide bonds. The van der Waals surface area contributed by atoms with E-state index in [1.165, 1.54) is 14.2 Å². The fourth-order valence-electron chi connectivity index (χ4n) is 1.38. The maximum atomic E-state index is 12.3. The summed E-state index contributed by atoms with van der Waals surface area (Å²) in [6.07, 6.45) is -5.06. The van der Waals surface area contributed by atoms with Crippen molar-refractivity contribution in [2.24, 2.45) is 0 Å². The summed E-state index contributed by atoms with van der Waals surface area (Å²) in [6.45, 7) is 0. The summed E-state index contributed by atoms with van der Waals surface area (Å²) in [5.74, 6) is -1.06. The van der Waals surface area contributed by atoms with Gasteiger partial charge in [0.1, 0.15) is 5.75 Å². The number of carbonyl (C=O) groups is 1. The van der Waals surface area contributed by atoms with Crippen molar-refractivity contribution in [2.75, 3.05) is 14.2 Å². The number of aromatic nitrogens is 1. The number of ether oxygens (including phenoxy) is 3. The van der Waals surface area contributed by atoms with E-state index in [-0.39, 0.29) is 28.9 Å². The fraction of sp³-hybridized carbons (Fsp3) is 0.455. The molecule has 1 rings (SSSR count). The van der Waals surface area contributed by atoms with Crippen LogP contribution in [-0.2, 0) is 21.3 Å². The van der Waals surface area contributed by atoms with Gasteiger partial charge in [-0.05, 0) is 0 Å². The molecule has 9 heteroatoms. The number of halogens is 4. The van der Waals surface area contributed by atoms with E-state index in [1.807, 2.05) is 0 Å². The second kappa shape index (κ2) is 6.78. The molecular weight excluding hydrogens is 347 g/mol. The van der Waals surface area contributed by atoms with Crippen LogP contribution in [0.2, 0.25) is 0 Å². The smallest absolute Gasteiger partial charge is 0.495 e. The predicted molar refractivity (Wildman–Crippen MR) is 65.8 cm³/mol. The van der Waals surface area contributed by atoms with Gasteiger partial charge >= 0.3 is 12.3 Å². The molecule has 0 aliphatic heterocycles. The van der Waals surface area contributed by atoms with E-state index in [1.54, 1.807) is 0 Å². The SMILES string of the molecule is COC(=O)Cc1nc(CBr)c(OC(F)(F)F)cc1OC. The van der Waals surface area contributed by atoms with E-state index in [0.29, 0.717) is 0 Å². The Morgan fingerprint density at radius 1 is 1.30 bits per heavy atom. The van der Waals surface area contributed by atoms with Gasteiger partial charge in [0.25, 0.3) is 0 Å². The molecule has 0 saturated heterocycles. The molecule has 0 bridgehead atoms. The van der Waals surface area contributed by atoms with Crippen molar-refractivity contribution in [1.29, 1.82) is 0 Å². The number of hydrogen-bond acceptors (Lipinski definition) is 5. The molecular formula is C11H11BrF3NO4. The molecule has 1 heterocycles. The summed E-state index contributed by atoms with van der Waals surface area (Å²) in [6, 6.07) is 1.04. The van der Waals surface area contributed by atoms with Crippen molar-refractivity contribution in [2.45, 2.75) is 18.1 Å². The lowest BCUT2D eigenvalue weighted by atomic mass is 10.2. The van der Waals surface area contributed by atoms with Gasteiger partial charge in [0, 0.05) is 11.4 Å². The Hall–Kier alpha value is -1.51. The van der Waals surface area contributed by atoms with Crippen LogP contribution < -0.4 is 9.47 Å². The van der Waals surface area contributed by atoms with Crippen LogP contribution in [0.25, 0.3) is 0 Å². The Morgan fingerprint density at radius 2 is 1.95 bits per heavy atom. The topological polar surface area (TPSA) is 57.7 Å². The van der Waals surface area contributed by atoms with Gasteiger partial charge in [-0.15, -0.1) is 13.2 Å². The number of pyridine rings is 1. The fourth-order valence-corrected chi connectivity index (χ4v) is 1.78. The van der Waals surface area contributed by atoms with E-state index in [0.717, 1.165) is 6.07 Å². The van der Waals surface area contributed by atoms with Crippen molar-refractivity contribution in [3.8, 4) is 11.5 Å². The summed E-state index contributed by atoms with van der Waals surface area (Å²) in [5.41, 5.74) is 0.172. The molecule has 1 aromatic rings. The third kappa shape index (κ3) is 4.55. The van der Waals surface area contributed by atoms with E-state index in [9.17, 15) is 18.0 Å². The normalized spacial score (nSPS) is 11.1. The third-order valence-electron chi connectivity index (χ3n) is 2.21. The molecule has 0 spiro atoms. The van der Waals surface area contributed by atoms with Gasteiger partial charge in [0.15, 0.2) is 5.75 Å². The summed E-state index contributed by atoms with van der Waals surface area (Å²) < 4.78 is 50.1. The highest BCUT2D eigenvalue weighted by Gasteiger charge is 2.33. The highest BCUT2D eigenvalue weighted by Crippen LogP contribution is 2.32. The molecule has 0 aliphatic carbocycles. The molecule has 5 nitrogen and oxygen atoms in total. The summed E-state index contributed by atoms with van der Waals surface area (Å²) in [7, 11) is 2.45. The Bertz CT molecular complexity index is 493. The Morgan fingerprint density at radius 3 is 2.40 bits per heavy atom. The monoisotopic (exact) mass is 357 g/mol. The standard InChI is InChI=1S/C11H11BrF3NO4/c1-18-8-4-9(20-11(13,14)15)7(5-12)16-6(8)3-10(17)19-2/h4H,3,5H2,1-2H3. The minimum Gasteiger partial charge on any atom is -0.495 e. The van der Waals surface area contributed by atoms with Crippen LogP contribution in [0.4, 0.5) is 13.2 Å². The number of rotatable bonds is 5. The predicted octanol–water partition coefficient (Wildman–Crippen LogP) is 2.60. The molecule has 0 aromatic carbocycles. The van der Waals surface area contributed by atoms with Crippen LogP contribution in [0.1, 0.15) is 11.4 Å². The van der Waals surface area contributed by atoms with Crippen molar-refractivity contribution in [3.05, 3.63) is 17.5 Å². The molecule has 0 radical (unpaired) electrons. The number of nitrogens with zero attached hydrogens (tertiary/aromatic N) is 1. The number of methoxy groups -OCH3 is 2. The van der Waals surface area contributed by atoms with E-state index >= 15 is 0 Å². The minimum absolute atomic E-state index is 0.00188. The van der Waals surface area contributed by atoms with Gasteiger partial charge in [-0.2, -0.15) is 0 Å². The van der Waals surface area contributed by atoms with Gasteiger partial charge in [-0.3, -0.25) is 4.79 Å². The minimum atomic E-state index is -4.84. The Kier molecular flexibility index (Phi) is 5.61. The summed E-state index contributed by atoms with van der Waals surface area (Å²) in [4.78, 5) is 15.2. The molecule has 0 N–H and O–H groups in total. The lowest BCUT2D eigenvalue weighted by Crippen LogP contribution is -2.19. The quantitative estimate of drug-likeness (QED) is 0.598. The zero-order valence-electron chi connectivity index (χ0n) is 10.6. The zero-order valence-corrected chi connectivity index (χ0v) is 12.2. The van der Waals surface area contributed by atoms with Crippen LogP contribution in [0.3, 0.4) is 0 Å². The van der Waals surface area contributed by atoms with Crippen LogP contribution >= 0.6 is 15.9 Å². The molecule has 0 aliphatic rings. The second-order valence-corrected chi connectivity index (χ2v) is 4.08. The van der Waals surface area contributed by atoms with Crippen LogP contribution in [0.15, 0.2) is 6.07 Å². The van der Waals surface area contributed by atoms with Crippen molar-refractivity contribution in [3.63, 3.8) is 0 Å². The van der Waals surface area contributed by atoms with Gasteiger partial charge in [-0.1, -0.05) is 15.9 Å². The maximum Gasteiger partial charge on any atom is 0.573 e. The van der Waals surface area contributed by atoms with Crippen LogP contribution in [0, 0.1) is 0 Å². The molecule has 1 aromatic heterocycles. The second-order valence-electron chi connectivity index (χ2n) is 3.52. The highest BCUT2D eigenvalue weighted by atomic mass is 79.9. The first-order chi connectivity index (χ1) is 9.30. The molecule has 0 fully saturated rings. The average Bonchev–Trinajstić information content (AvgIpc) is 2.37.